The Hall–Kier alpha value is -8.24. The fourth-order valence-electron chi connectivity index (χ4n) is 11.4. The number of hydrogen-bond acceptors (Lipinski definition) is 16. The van der Waals surface area contributed by atoms with Crippen molar-refractivity contribution in [2.75, 3.05) is 57.8 Å². The summed E-state index contributed by atoms with van der Waals surface area (Å²) in [5, 5.41) is 31.8. The van der Waals surface area contributed by atoms with E-state index < -0.39 is 5.41 Å². The van der Waals surface area contributed by atoms with Crippen LogP contribution >= 0.6 is 0 Å². The Morgan fingerprint density at radius 1 is 0.792 bits per heavy atom. The number of nitrogens with two attached hydrogens (primary N) is 2. The molecule has 22 heteroatoms. The summed E-state index contributed by atoms with van der Waals surface area (Å²) in [4.78, 5) is 58.8. The molecule has 11 rings (SSSR count). The summed E-state index contributed by atoms with van der Waals surface area (Å²) in [6, 6.07) is 16.7. The van der Waals surface area contributed by atoms with Gasteiger partial charge < -0.3 is 35.6 Å². The van der Waals surface area contributed by atoms with E-state index in [-0.39, 0.29) is 71.9 Å². The van der Waals surface area contributed by atoms with E-state index in [0.717, 1.165) is 72.2 Å². The number of carbonyl (C=O) groups is 2. The summed E-state index contributed by atoms with van der Waals surface area (Å²) in [5.74, 6) is 1.68. The molecule has 4 aliphatic rings. The molecule has 2 atom stereocenters. The van der Waals surface area contributed by atoms with Crippen molar-refractivity contribution in [1.29, 1.82) is 5.41 Å². The molecule has 7 heterocycles. The van der Waals surface area contributed by atoms with Crippen LogP contribution < -0.4 is 11.5 Å². The molecule has 2 unspecified atom stereocenters. The van der Waals surface area contributed by atoms with Crippen molar-refractivity contribution >= 4 is 35.4 Å². The molecule has 77 heavy (non-hydrogen) atoms. The average molecular weight is 1040 g/mol. The lowest BCUT2D eigenvalue weighted by molar-refractivity contribution is -0.134. The molecule has 2 aliphatic heterocycles. The van der Waals surface area contributed by atoms with Crippen LogP contribution in [0.1, 0.15) is 74.9 Å². The zero-order chi connectivity index (χ0) is 53.4. The molecular formula is C55H64N17O5+. The number of amides is 2. The number of aliphatic imine (C=N–C) groups is 1. The molecule has 2 amide bonds. The standard InChI is InChI=1S/C55H63N17O5/c1-34(2)69-15-17-70(18-16-69)47(74)32-71-28-41(26-63-71)48(75)65-50(56)55(44-11-7-36(8-12-44)40-24-61-53(58)62-25-40)20-38(21-55)37-19-45(76-33-37)30-68(3)46(73)31-72-29-42(27-64-72)49-66-51(67-77-49)54(13-4-14-54)43-9-5-35(6-10-43)39-22-59-52(57)60-23-39/h5-12,22-29,34,37-38,45H,4,13-21,30-33H2,1-3H3,(H2,56,65,75)(H2,57,59,60)(H2,58,61,62)/p+1. The highest BCUT2D eigenvalue weighted by Gasteiger charge is 2.53. The molecule has 2 aliphatic carbocycles. The second-order valence-electron chi connectivity index (χ2n) is 21.3. The lowest BCUT2D eigenvalue weighted by Gasteiger charge is -2.49. The minimum Gasteiger partial charge on any atom is -0.578 e. The molecule has 5 aromatic heterocycles. The first kappa shape index (κ1) is 50.9. The molecular weight excluding hydrogens is 979 g/mol. The van der Waals surface area contributed by atoms with Gasteiger partial charge in [0.1, 0.15) is 24.5 Å². The van der Waals surface area contributed by atoms with Crippen molar-refractivity contribution < 1.29 is 24.0 Å². The summed E-state index contributed by atoms with van der Waals surface area (Å²) >= 11 is 0. The van der Waals surface area contributed by atoms with Gasteiger partial charge in [-0.15, -0.1) is 4.99 Å². The van der Waals surface area contributed by atoms with Crippen LogP contribution in [0, 0.1) is 17.2 Å². The van der Waals surface area contributed by atoms with Crippen molar-refractivity contribution in [3.63, 3.8) is 0 Å². The zero-order valence-electron chi connectivity index (χ0n) is 43.5. The highest BCUT2D eigenvalue weighted by Crippen LogP contribution is 2.54. The zero-order valence-corrected chi connectivity index (χ0v) is 43.5. The van der Waals surface area contributed by atoms with Gasteiger partial charge in [-0.2, -0.15) is 15.2 Å². The van der Waals surface area contributed by atoms with Gasteiger partial charge in [0.15, 0.2) is 5.82 Å². The summed E-state index contributed by atoms with van der Waals surface area (Å²) in [5.41, 5.74) is 17.0. The SMILES string of the molecule is CC(C)N1CCN(C(=O)Cn2cc(C([OH2+])=NC(=N)C3(c4ccc(-c5cnc(N)nc5)cc4)CC(C4COC(CN(C)C(=O)Cn5cc(-c6nc(C7(c8ccc(-c9cnc(N)nc9)cc8)CCC7)no6)cn5)C4)C3)cn2)CC1. The van der Waals surface area contributed by atoms with E-state index in [0.29, 0.717) is 68.0 Å². The number of anilines is 2. The van der Waals surface area contributed by atoms with Crippen molar-refractivity contribution in [2.24, 2.45) is 16.8 Å². The lowest BCUT2D eigenvalue weighted by Crippen LogP contribution is -2.51. The number of hydrogen-bond donors (Lipinski definition) is 3. The van der Waals surface area contributed by atoms with Gasteiger partial charge in [-0.1, -0.05) is 60.1 Å². The van der Waals surface area contributed by atoms with Crippen molar-refractivity contribution in [3.05, 3.63) is 121 Å². The van der Waals surface area contributed by atoms with Gasteiger partial charge in [-0.3, -0.25) is 29.3 Å². The largest absolute Gasteiger partial charge is 0.578 e. The van der Waals surface area contributed by atoms with Gasteiger partial charge >= 0.3 is 5.90 Å². The fraction of sp³-hybridized carbons (Fsp3) is 0.418. The summed E-state index contributed by atoms with van der Waals surface area (Å²) in [7, 11) is 1.78. The number of ether oxygens (including phenoxy) is 1. The highest BCUT2D eigenvalue weighted by molar-refractivity contribution is 6.05. The topological polar surface area (TPSA) is 290 Å². The number of benzene rings is 2. The first-order chi connectivity index (χ1) is 37.2. The Labute approximate surface area is 445 Å². The van der Waals surface area contributed by atoms with E-state index in [9.17, 15) is 15.0 Å². The van der Waals surface area contributed by atoms with Crippen molar-refractivity contribution in [3.8, 4) is 33.7 Å². The molecule has 2 aromatic carbocycles. The molecule has 0 spiro atoms. The van der Waals surface area contributed by atoms with Crippen molar-refractivity contribution in [2.45, 2.75) is 88.4 Å². The molecule has 7 N–H and O–H groups in total. The molecule has 2 saturated carbocycles. The molecule has 7 aromatic rings. The van der Waals surface area contributed by atoms with Gasteiger partial charge in [0.25, 0.3) is 5.89 Å². The van der Waals surface area contributed by atoms with E-state index in [1.807, 2.05) is 41.3 Å². The maximum Gasteiger partial charge on any atom is 0.369 e. The van der Waals surface area contributed by atoms with Gasteiger partial charge in [-0.25, -0.2) is 19.9 Å². The predicted molar refractivity (Wildman–Crippen MR) is 287 cm³/mol. The Kier molecular flexibility index (Phi) is 13.9. The third kappa shape index (κ3) is 10.4. The number of nitrogens with one attached hydrogen (secondary N) is 1. The summed E-state index contributed by atoms with van der Waals surface area (Å²) < 4.78 is 15.3. The molecule has 0 bridgehead atoms. The summed E-state index contributed by atoms with van der Waals surface area (Å²) in [6.45, 7) is 8.37. The predicted octanol–water partition coefficient (Wildman–Crippen LogP) is 4.59. The normalized spacial score (nSPS) is 21.4. The van der Waals surface area contributed by atoms with Crippen LogP contribution in [0.3, 0.4) is 0 Å². The van der Waals surface area contributed by atoms with Crippen LogP contribution in [-0.4, -0.2) is 152 Å². The molecule has 4 fully saturated rings. The Balaban J connectivity index is 0.708. The van der Waals surface area contributed by atoms with E-state index >= 15 is 0 Å². The number of aromatic nitrogens is 10. The second kappa shape index (κ2) is 21.1. The third-order valence-electron chi connectivity index (χ3n) is 16.3. The van der Waals surface area contributed by atoms with Crippen molar-refractivity contribution in [1.82, 2.24) is 64.3 Å². The number of nitrogen functional groups attached to an aromatic ring is 2. The average Bonchev–Trinajstić information content (AvgIpc) is 4.34. The van der Waals surface area contributed by atoms with Gasteiger partial charge in [0.2, 0.25) is 23.7 Å². The third-order valence-corrected chi connectivity index (χ3v) is 16.3. The van der Waals surface area contributed by atoms with E-state index in [1.165, 1.54) is 6.20 Å². The number of amidine groups is 1. The monoisotopic (exact) mass is 1040 g/mol. The van der Waals surface area contributed by atoms with E-state index in [4.69, 9.17) is 30.8 Å². The summed E-state index contributed by atoms with van der Waals surface area (Å²) in [6.07, 6.45) is 18.1. The fourth-order valence-corrected chi connectivity index (χ4v) is 11.4. The number of rotatable bonds is 16. The minimum absolute atomic E-state index is 0.0194. The van der Waals surface area contributed by atoms with Gasteiger partial charge in [-0.05, 0) is 80.0 Å². The van der Waals surface area contributed by atoms with Crippen LogP contribution in [0.4, 0.5) is 11.9 Å². The van der Waals surface area contributed by atoms with Crippen LogP contribution in [-0.2, 0) is 38.2 Å². The van der Waals surface area contributed by atoms with Crippen LogP contribution in [0.2, 0.25) is 0 Å². The quantitative estimate of drug-likeness (QED) is 0.0678. The molecule has 398 valence electrons. The van der Waals surface area contributed by atoms with Gasteiger partial charge in [0.05, 0.1) is 41.5 Å². The highest BCUT2D eigenvalue weighted by atomic mass is 16.5. The Morgan fingerprint density at radius 3 is 2.01 bits per heavy atom. The van der Waals surface area contributed by atoms with Crippen LogP contribution in [0.25, 0.3) is 33.7 Å². The number of nitrogens with zero attached hydrogens (tertiary/aromatic N) is 14. The van der Waals surface area contributed by atoms with E-state index in [2.05, 4.69) is 71.2 Å². The Morgan fingerprint density at radius 2 is 1.40 bits per heavy atom. The molecule has 2 saturated heterocycles. The van der Waals surface area contributed by atoms with Crippen LogP contribution in [0.15, 0.2) is 108 Å². The van der Waals surface area contributed by atoms with Gasteiger partial charge in [0, 0.05) is 94.1 Å². The smallest absolute Gasteiger partial charge is 0.369 e. The first-order valence-electron chi connectivity index (χ1n) is 26.3. The molecule has 0 radical (unpaired) electrons. The maximum atomic E-state index is 13.6. The minimum atomic E-state index is -0.756. The first-order valence-corrected chi connectivity index (χ1v) is 26.3. The second-order valence-corrected chi connectivity index (χ2v) is 21.3. The number of carbonyl (C=O) groups excluding carboxylic acids is 2. The number of piperazine rings is 1. The number of likely N-dealkylation sites (N-methyl/N-ethyl adjacent to an activating group) is 1. The Bertz CT molecular complexity index is 3260. The maximum absolute atomic E-state index is 13.6. The lowest BCUT2D eigenvalue weighted by atomic mass is 9.54. The molecule has 22 nitrogen and oxygen atoms in total. The van der Waals surface area contributed by atoms with E-state index in [1.54, 1.807) is 64.7 Å². The van der Waals surface area contributed by atoms with Crippen LogP contribution in [0.5, 0.6) is 0 Å².